The molecule has 0 radical (unpaired) electrons. The molecule has 0 aliphatic heterocycles. The second-order valence-electron chi connectivity index (χ2n) is 6.46. The second kappa shape index (κ2) is 8.19. The molecule has 0 spiro atoms. The Morgan fingerprint density at radius 3 is 2.62 bits per heavy atom. The molecule has 0 unspecified atom stereocenters. The number of rotatable bonds is 5. The maximum atomic E-state index is 12.4. The molecule has 24 heavy (non-hydrogen) atoms. The Kier molecular flexibility index (Phi) is 6.49. The van der Waals surface area contributed by atoms with Crippen molar-refractivity contribution in [3.63, 3.8) is 0 Å². The van der Waals surface area contributed by atoms with Gasteiger partial charge in [-0.3, -0.25) is 9.59 Å². The molecule has 2 aliphatic carbocycles. The van der Waals surface area contributed by atoms with Crippen LogP contribution in [0.15, 0.2) is 18.2 Å². The van der Waals surface area contributed by atoms with Crippen LogP contribution in [0.5, 0.6) is 0 Å². The number of carbonyl (C=O) groups excluding carboxylic acids is 2. The minimum Gasteiger partial charge on any atom is -0.349 e. The number of hydrogen-bond donors (Lipinski definition) is 3. The van der Waals surface area contributed by atoms with Gasteiger partial charge in [0.1, 0.15) is 0 Å². The van der Waals surface area contributed by atoms with Gasteiger partial charge in [-0.05, 0) is 56.3 Å². The highest BCUT2D eigenvalue weighted by Crippen LogP contribution is 2.32. The number of hydrogen-bond acceptors (Lipinski definition) is 3. The van der Waals surface area contributed by atoms with Gasteiger partial charge in [-0.15, -0.1) is 12.4 Å². The molecule has 2 atom stereocenters. The second-order valence-corrected chi connectivity index (χ2v) is 6.87. The standard InChI is InChI=1S/C17H22ClN3O2.ClH/c18-15-7-6-12(8-14(15)17(23)20-11-4-5-11)21-16(22)13-3-1-2-10(13)9-19;/h6-8,10-11,13H,1-5,9,19H2,(H,20,23)(H,21,22);1H/t10-,13-;/m1./s1. The summed E-state index contributed by atoms with van der Waals surface area (Å²) in [4.78, 5) is 24.6. The van der Waals surface area contributed by atoms with Gasteiger partial charge < -0.3 is 16.4 Å². The summed E-state index contributed by atoms with van der Waals surface area (Å²) in [5.41, 5.74) is 6.74. The van der Waals surface area contributed by atoms with Gasteiger partial charge in [-0.1, -0.05) is 18.0 Å². The van der Waals surface area contributed by atoms with E-state index in [1.807, 2.05) is 0 Å². The van der Waals surface area contributed by atoms with Crippen LogP contribution in [-0.2, 0) is 4.79 Å². The van der Waals surface area contributed by atoms with Crippen molar-refractivity contribution in [1.82, 2.24) is 5.32 Å². The molecule has 2 aliphatic rings. The van der Waals surface area contributed by atoms with Crippen molar-refractivity contribution < 1.29 is 9.59 Å². The number of anilines is 1. The first-order valence-electron chi connectivity index (χ1n) is 8.20. The molecule has 3 rings (SSSR count). The van der Waals surface area contributed by atoms with Crippen LogP contribution in [0.3, 0.4) is 0 Å². The van der Waals surface area contributed by atoms with Gasteiger partial charge in [0.25, 0.3) is 5.91 Å². The minimum atomic E-state index is -0.186. The van der Waals surface area contributed by atoms with Crippen LogP contribution < -0.4 is 16.4 Å². The van der Waals surface area contributed by atoms with E-state index in [4.69, 9.17) is 17.3 Å². The largest absolute Gasteiger partial charge is 0.349 e. The number of amides is 2. The van der Waals surface area contributed by atoms with Crippen LogP contribution in [0.25, 0.3) is 0 Å². The average molecular weight is 372 g/mol. The third-order valence-electron chi connectivity index (χ3n) is 4.69. The molecule has 1 aromatic rings. The summed E-state index contributed by atoms with van der Waals surface area (Å²) in [5.74, 6) is 0.00229. The summed E-state index contributed by atoms with van der Waals surface area (Å²) in [6, 6.07) is 5.28. The van der Waals surface area contributed by atoms with Gasteiger partial charge in [-0.2, -0.15) is 0 Å². The van der Waals surface area contributed by atoms with Gasteiger partial charge in [0.05, 0.1) is 10.6 Å². The fraction of sp³-hybridized carbons (Fsp3) is 0.529. The molecular weight excluding hydrogens is 349 g/mol. The van der Waals surface area contributed by atoms with Gasteiger partial charge >= 0.3 is 0 Å². The summed E-state index contributed by atoms with van der Waals surface area (Å²) in [5, 5.41) is 6.21. The third-order valence-corrected chi connectivity index (χ3v) is 5.02. The van der Waals surface area contributed by atoms with Crippen LogP contribution in [0.2, 0.25) is 5.02 Å². The molecule has 0 saturated heterocycles. The van der Waals surface area contributed by atoms with E-state index in [9.17, 15) is 9.59 Å². The lowest BCUT2D eigenvalue weighted by Crippen LogP contribution is -2.30. The van der Waals surface area contributed by atoms with Crippen LogP contribution >= 0.6 is 24.0 Å². The molecule has 5 nitrogen and oxygen atoms in total. The van der Waals surface area contributed by atoms with Crippen LogP contribution in [-0.4, -0.2) is 24.4 Å². The number of carbonyl (C=O) groups is 2. The number of nitrogens with two attached hydrogens (primary N) is 1. The Balaban J connectivity index is 0.00000208. The van der Waals surface area contributed by atoms with Crippen LogP contribution in [0, 0.1) is 11.8 Å². The highest BCUT2D eigenvalue weighted by molar-refractivity contribution is 6.34. The molecule has 7 heteroatoms. The monoisotopic (exact) mass is 371 g/mol. The lowest BCUT2D eigenvalue weighted by atomic mass is 9.95. The summed E-state index contributed by atoms with van der Waals surface area (Å²) in [7, 11) is 0. The Labute approximate surface area is 153 Å². The van der Waals surface area contributed by atoms with Crippen LogP contribution in [0.1, 0.15) is 42.5 Å². The molecule has 132 valence electrons. The number of benzene rings is 1. The smallest absolute Gasteiger partial charge is 0.253 e. The lowest BCUT2D eigenvalue weighted by molar-refractivity contribution is -0.120. The van der Waals surface area contributed by atoms with Crippen LogP contribution in [0.4, 0.5) is 5.69 Å². The predicted molar refractivity (Wildman–Crippen MR) is 97.7 cm³/mol. The zero-order valence-electron chi connectivity index (χ0n) is 13.4. The van der Waals surface area contributed by atoms with Crippen molar-refractivity contribution in [2.75, 3.05) is 11.9 Å². The molecule has 1 aromatic carbocycles. The van der Waals surface area contributed by atoms with Gasteiger partial charge in [0, 0.05) is 17.6 Å². The minimum absolute atomic E-state index is 0. The summed E-state index contributed by atoms with van der Waals surface area (Å²) in [6.07, 6.45) is 4.94. The molecular formula is C17H23Cl2N3O2. The SMILES string of the molecule is Cl.NC[C@H]1CCC[C@H]1C(=O)Nc1ccc(Cl)c(C(=O)NC2CC2)c1. The van der Waals surface area contributed by atoms with Crippen molar-refractivity contribution in [2.24, 2.45) is 17.6 Å². The molecule has 4 N–H and O–H groups in total. The Hall–Kier alpha value is -1.30. The summed E-state index contributed by atoms with van der Waals surface area (Å²) in [6.45, 7) is 0.535. The Morgan fingerprint density at radius 1 is 1.21 bits per heavy atom. The first-order valence-corrected chi connectivity index (χ1v) is 8.57. The van der Waals surface area contributed by atoms with Crippen molar-refractivity contribution in [3.05, 3.63) is 28.8 Å². The van der Waals surface area contributed by atoms with E-state index in [0.717, 1.165) is 32.1 Å². The first kappa shape index (κ1) is 19.0. The average Bonchev–Trinajstić information content (AvgIpc) is 3.21. The van der Waals surface area contributed by atoms with E-state index < -0.39 is 0 Å². The molecule has 0 bridgehead atoms. The third kappa shape index (κ3) is 4.41. The number of nitrogens with one attached hydrogen (secondary N) is 2. The highest BCUT2D eigenvalue weighted by Gasteiger charge is 2.32. The van der Waals surface area contributed by atoms with E-state index in [1.165, 1.54) is 0 Å². The zero-order valence-corrected chi connectivity index (χ0v) is 15.0. The van der Waals surface area contributed by atoms with Crippen molar-refractivity contribution >= 4 is 41.5 Å². The topological polar surface area (TPSA) is 84.2 Å². The van der Waals surface area contributed by atoms with Gasteiger partial charge in [0.2, 0.25) is 5.91 Å². The highest BCUT2D eigenvalue weighted by atomic mass is 35.5. The lowest BCUT2D eigenvalue weighted by Gasteiger charge is -2.18. The van der Waals surface area contributed by atoms with E-state index >= 15 is 0 Å². The number of halogens is 2. The first-order chi connectivity index (χ1) is 11.1. The molecule has 0 aromatic heterocycles. The van der Waals surface area contributed by atoms with E-state index in [0.29, 0.717) is 22.8 Å². The van der Waals surface area contributed by atoms with Crippen molar-refractivity contribution in [1.29, 1.82) is 0 Å². The predicted octanol–water partition coefficient (Wildman–Crippen LogP) is 2.97. The molecule has 2 fully saturated rings. The van der Waals surface area contributed by atoms with Gasteiger partial charge in [0.15, 0.2) is 0 Å². The summed E-state index contributed by atoms with van der Waals surface area (Å²) < 4.78 is 0. The molecule has 0 heterocycles. The van der Waals surface area contributed by atoms with E-state index in [1.54, 1.807) is 18.2 Å². The normalized spacial score (nSPS) is 22.6. The summed E-state index contributed by atoms with van der Waals surface area (Å²) >= 11 is 6.11. The van der Waals surface area contributed by atoms with Crippen molar-refractivity contribution in [2.45, 2.75) is 38.1 Å². The van der Waals surface area contributed by atoms with Crippen molar-refractivity contribution in [3.8, 4) is 0 Å². The Morgan fingerprint density at radius 2 is 1.96 bits per heavy atom. The van der Waals surface area contributed by atoms with E-state index in [2.05, 4.69) is 10.6 Å². The fourth-order valence-electron chi connectivity index (χ4n) is 3.17. The van der Waals surface area contributed by atoms with Gasteiger partial charge in [-0.25, -0.2) is 0 Å². The quantitative estimate of drug-likeness (QED) is 0.743. The maximum absolute atomic E-state index is 12.4. The van der Waals surface area contributed by atoms with E-state index in [-0.39, 0.29) is 42.1 Å². The maximum Gasteiger partial charge on any atom is 0.253 e. The zero-order chi connectivity index (χ0) is 16.4. The molecule has 2 saturated carbocycles. The fourth-order valence-corrected chi connectivity index (χ4v) is 3.37. The molecule has 2 amide bonds. The Bertz CT molecular complexity index is 620.